The molecule has 2 saturated carbocycles. The Kier molecular flexibility index (Phi) is 3.73. The number of hydrogen-bond donors (Lipinski definition) is 1. The summed E-state index contributed by atoms with van der Waals surface area (Å²) in [4.78, 5) is 23.4. The Morgan fingerprint density at radius 3 is 2.21 bits per heavy atom. The fraction of sp³-hybridized carbons (Fsp3) is 0.833. The van der Waals surface area contributed by atoms with Crippen LogP contribution in [0.3, 0.4) is 0 Å². The third kappa shape index (κ3) is 3.61. The number of hydrogen-bond acceptors (Lipinski definition) is 2. The molecule has 0 aliphatic heterocycles. The van der Waals surface area contributed by atoms with Crippen LogP contribution in [-0.2, 0) is 9.59 Å². The van der Waals surface area contributed by atoms with Gasteiger partial charge >= 0.3 is 12.1 Å². The Bertz CT molecular complexity index is 379. The van der Waals surface area contributed by atoms with Crippen LogP contribution in [0.5, 0.6) is 0 Å². The van der Waals surface area contributed by atoms with Crippen LogP contribution >= 0.6 is 0 Å². The molecule has 19 heavy (non-hydrogen) atoms. The quantitative estimate of drug-likeness (QED) is 0.836. The lowest BCUT2D eigenvalue weighted by Gasteiger charge is -2.33. The molecule has 0 spiro atoms. The van der Waals surface area contributed by atoms with Gasteiger partial charge in [0.25, 0.3) is 0 Å². The van der Waals surface area contributed by atoms with Crippen LogP contribution in [-0.4, -0.2) is 41.1 Å². The molecule has 2 aliphatic carbocycles. The van der Waals surface area contributed by atoms with Gasteiger partial charge in [0.05, 0.1) is 11.8 Å². The molecule has 4 nitrogen and oxygen atoms in total. The highest BCUT2D eigenvalue weighted by molar-refractivity contribution is 5.89. The summed E-state index contributed by atoms with van der Waals surface area (Å²) in [5, 5.41) is 8.73. The maximum atomic E-state index is 12.5. The van der Waals surface area contributed by atoms with Crippen molar-refractivity contribution < 1.29 is 27.9 Å². The molecule has 0 aromatic carbocycles. The third-order valence-corrected chi connectivity index (χ3v) is 3.81. The van der Waals surface area contributed by atoms with E-state index in [2.05, 4.69) is 0 Å². The Balaban J connectivity index is 1.95. The normalized spacial score (nSPS) is 26.7. The van der Waals surface area contributed by atoms with E-state index in [1.807, 2.05) is 0 Å². The first-order valence-corrected chi connectivity index (χ1v) is 6.36. The maximum absolute atomic E-state index is 12.5. The van der Waals surface area contributed by atoms with Crippen molar-refractivity contribution in [3.8, 4) is 0 Å². The van der Waals surface area contributed by atoms with Crippen LogP contribution in [0.1, 0.15) is 25.7 Å². The summed E-state index contributed by atoms with van der Waals surface area (Å²) in [6.07, 6.45) is -1.61. The molecule has 0 unspecified atom stereocenters. The van der Waals surface area contributed by atoms with E-state index in [4.69, 9.17) is 5.11 Å². The molecular weight excluding hydrogens is 263 g/mol. The van der Waals surface area contributed by atoms with Gasteiger partial charge in [0, 0.05) is 6.54 Å². The topological polar surface area (TPSA) is 57.6 Å². The van der Waals surface area contributed by atoms with Crippen molar-refractivity contribution in [2.45, 2.75) is 31.9 Å². The van der Waals surface area contributed by atoms with Gasteiger partial charge in [-0.25, -0.2) is 0 Å². The Morgan fingerprint density at radius 1 is 1.21 bits per heavy atom. The van der Waals surface area contributed by atoms with Gasteiger partial charge in [0.2, 0.25) is 5.91 Å². The van der Waals surface area contributed by atoms with Crippen LogP contribution in [0.15, 0.2) is 0 Å². The lowest BCUT2D eigenvalue weighted by atomic mass is 9.85. The Hall–Kier alpha value is -1.27. The van der Waals surface area contributed by atoms with E-state index in [1.165, 1.54) is 0 Å². The smallest absolute Gasteiger partial charge is 0.406 e. The third-order valence-electron chi connectivity index (χ3n) is 3.81. The minimum absolute atomic E-state index is 0.0984. The summed E-state index contributed by atoms with van der Waals surface area (Å²) in [6.45, 7) is -1.17. The fourth-order valence-electron chi connectivity index (χ4n) is 2.41. The van der Waals surface area contributed by atoms with E-state index in [0.29, 0.717) is 0 Å². The second-order valence-corrected chi connectivity index (χ2v) is 5.42. The van der Waals surface area contributed by atoms with Crippen LogP contribution in [0.25, 0.3) is 0 Å². The van der Waals surface area contributed by atoms with E-state index >= 15 is 0 Å². The molecule has 7 heteroatoms. The van der Waals surface area contributed by atoms with Crippen molar-refractivity contribution in [3.63, 3.8) is 0 Å². The summed E-state index contributed by atoms with van der Waals surface area (Å²) >= 11 is 0. The van der Waals surface area contributed by atoms with Gasteiger partial charge in [0.1, 0.15) is 6.54 Å². The van der Waals surface area contributed by atoms with Crippen molar-refractivity contribution >= 4 is 11.9 Å². The molecule has 108 valence electrons. The van der Waals surface area contributed by atoms with E-state index in [0.717, 1.165) is 24.2 Å². The first-order chi connectivity index (χ1) is 8.78. The first kappa shape index (κ1) is 14.1. The molecule has 0 saturated heterocycles. The van der Waals surface area contributed by atoms with Gasteiger partial charge in [-0.2, -0.15) is 13.2 Å². The molecule has 2 atom stereocenters. The zero-order valence-electron chi connectivity index (χ0n) is 10.3. The maximum Gasteiger partial charge on any atom is 0.406 e. The Labute approximate surface area is 108 Å². The van der Waals surface area contributed by atoms with Crippen LogP contribution in [0.2, 0.25) is 0 Å². The summed E-state index contributed by atoms with van der Waals surface area (Å²) in [7, 11) is 0. The number of aliphatic carboxylic acids is 1. The molecule has 2 rings (SSSR count). The van der Waals surface area contributed by atoms with Gasteiger partial charge in [-0.05, 0) is 25.2 Å². The average molecular weight is 279 g/mol. The monoisotopic (exact) mass is 279 g/mol. The predicted octanol–water partition coefficient (Wildman–Crippen LogP) is 1.90. The molecule has 0 bridgehead atoms. The Morgan fingerprint density at radius 2 is 1.84 bits per heavy atom. The fourth-order valence-corrected chi connectivity index (χ4v) is 2.41. The number of nitrogens with zero attached hydrogens (tertiary/aromatic N) is 1. The van der Waals surface area contributed by atoms with Crippen molar-refractivity contribution in [2.75, 3.05) is 13.1 Å². The van der Waals surface area contributed by atoms with Crippen LogP contribution in [0, 0.1) is 17.8 Å². The van der Waals surface area contributed by atoms with Gasteiger partial charge in [-0.1, -0.05) is 6.42 Å². The minimum Gasteiger partial charge on any atom is -0.481 e. The number of carbonyl (C=O) groups excluding carboxylic acids is 1. The molecule has 1 N–H and O–H groups in total. The molecule has 0 radical (unpaired) electrons. The second kappa shape index (κ2) is 5.02. The summed E-state index contributed by atoms with van der Waals surface area (Å²) < 4.78 is 37.4. The number of carbonyl (C=O) groups is 2. The van der Waals surface area contributed by atoms with Crippen molar-refractivity contribution in [1.82, 2.24) is 4.90 Å². The number of amides is 1. The van der Waals surface area contributed by atoms with Gasteiger partial charge < -0.3 is 10.0 Å². The zero-order valence-corrected chi connectivity index (χ0v) is 10.3. The number of carboxylic acids is 1. The summed E-state index contributed by atoms with van der Waals surface area (Å²) in [5.41, 5.74) is 0. The average Bonchev–Trinajstić information content (AvgIpc) is 2.98. The predicted molar refractivity (Wildman–Crippen MR) is 59.2 cm³/mol. The summed E-state index contributed by atoms with van der Waals surface area (Å²) in [6, 6.07) is 0. The largest absolute Gasteiger partial charge is 0.481 e. The molecule has 2 aliphatic rings. The highest BCUT2D eigenvalue weighted by atomic mass is 19.4. The number of alkyl halides is 3. The molecular formula is C12H16F3NO3. The lowest BCUT2D eigenvalue weighted by molar-refractivity contribution is -0.164. The van der Waals surface area contributed by atoms with Gasteiger partial charge in [-0.3, -0.25) is 9.59 Å². The zero-order chi connectivity index (χ0) is 14.2. The van der Waals surface area contributed by atoms with Crippen LogP contribution < -0.4 is 0 Å². The number of halogens is 3. The first-order valence-electron chi connectivity index (χ1n) is 6.36. The lowest BCUT2D eigenvalue weighted by Crippen LogP contribution is -2.44. The van der Waals surface area contributed by atoms with E-state index in [-0.39, 0.29) is 18.9 Å². The van der Waals surface area contributed by atoms with Gasteiger partial charge in [0.15, 0.2) is 0 Å². The minimum atomic E-state index is -4.44. The van der Waals surface area contributed by atoms with Gasteiger partial charge in [-0.15, -0.1) is 0 Å². The van der Waals surface area contributed by atoms with E-state index in [9.17, 15) is 22.8 Å². The van der Waals surface area contributed by atoms with E-state index in [1.54, 1.807) is 0 Å². The van der Waals surface area contributed by atoms with Crippen molar-refractivity contribution in [1.29, 1.82) is 0 Å². The van der Waals surface area contributed by atoms with Crippen LogP contribution in [0.4, 0.5) is 13.2 Å². The second-order valence-electron chi connectivity index (χ2n) is 5.42. The number of rotatable bonds is 5. The standard InChI is InChI=1S/C12H16F3NO3/c13-12(14,15)6-16(5-7-2-1-3-7)10(17)8-4-9(8)11(18)19/h7-9H,1-6H2,(H,18,19)/t8-,9-/m0/s1. The molecule has 0 heterocycles. The number of carboxylic acid groups (broad SMARTS) is 1. The highest BCUT2D eigenvalue weighted by Crippen LogP contribution is 2.41. The molecule has 0 aromatic rings. The van der Waals surface area contributed by atoms with Crippen molar-refractivity contribution in [2.24, 2.45) is 17.8 Å². The van der Waals surface area contributed by atoms with Crippen molar-refractivity contribution in [3.05, 3.63) is 0 Å². The highest BCUT2D eigenvalue weighted by Gasteiger charge is 2.51. The summed E-state index contributed by atoms with van der Waals surface area (Å²) in [5.74, 6) is -3.19. The SMILES string of the molecule is O=C(O)[C@H]1C[C@@H]1C(=O)N(CC1CCC1)CC(F)(F)F. The molecule has 1 amide bonds. The molecule has 2 fully saturated rings. The molecule has 0 aromatic heterocycles. The van der Waals surface area contributed by atoms with E-state index < -0.39 is 36.4 Å².